The molecule has 1 heterocycles. The molecule has 3 aromatic rings. The number of nitriles is 1. The molecule has 3 rings (SSSR count). The molecular formula is C17H12ClN3. The summed E-state index contributed by atoms with van der Waals surface area (Å²) in [6, 6.07) is 15.5. The molecule has 0 saturated carbocycles. The van der Waals surface area contributed by atoms with Crippen LogP contribution in [-0.4, -0.2) is 9.97 Å². The molecule has 0 spiro atoms. The Hall–Kier alpha value is -2.57. The number of aromatic amines is 1. The molecule has 0 saturated heterocycles. The minimum atomic E-state index is 0.456. The first-order valence-electron chi connectivity index (χ1n) is 6.50. The first-order valence-corrected chi connectivity index (χ1v) is 6.88. The molecule has 0 aliphatic carbocycles. The van der Waals surface area contributed by atoms with Crippen molar-refractivity contribution in [3.63, 3.8) is 0 Å². The van der Waals surface area contributed by atoms with E-state index in [1.54, 1.807) is 12.1 Å². The van der Waals surface area contributed by atoms with Gasteiger partial charge in [-0.1, -0.05) is 35.9 Å². The van der Waals surface area contributed by atoms with Crippen LogP contribution in [0.3, 0.4) is 0 Å². The summed E-state index contributed by atoms with van der Waals surface area (Å²) in [5.74, 6) is 0.554. The Morgan fingerprint density at radius 3 is 2.86 bits per heavy atom. The Kier molecular flexibility index (Phi) is 3.47. The van der Waals surface area contributed by atoms with Crippen LogP contribution in [0.4, 0.5) is 0 Å². The van der Waals surface area contributed by atoms with Crippen molar-refractivity contribution in [2.45, 2.75) is 6.92 Å². The molecule has 0 radical (unpaired) electrons. The fraction of sp³-hybridized carbons (Fsp3) is 0.0588. The third-order valence-electron chi connectivity index (χ3n) is 3.22. The topological polar surface area (TPSA) is 52.5 Å². The average molecular weight is 294 g/mol. The highest BCUT2D eigenvalue weighted by atomic mass is 35.5. The Morgan fingerprint density at radius 1 is 1.29 bits per heavy atom. The quantitative estimate of drug-likeness (QED) is 0.703. The number of benzene rings is 2. The van der Waals surface area contributed by atoms with Crippen molar-refractivity contribution in [3.05, 3.63) is 64.4 Å². The summed E-state index contributed by atoms with van der Waals surface area (Å²) < 4.78 is 0. The van der Waals surface area contributed by atoms with Crippen LogP contribution in [0.2, 0.25) is 5.02 Å². The standard InChI is InChI=1S/C17H12ClN3/c1-11-6-7-15-16(8-11)21-17(20-15)13(10-19)9-12-4-2-3-5-14(12)18/h2-9H,1H3,(H,20,21)/b13-9+. The largest absolute Gasteiger partial charge is 0.337 e. The Labute approximate surface area is 127 Å². The van der Waals surface area contributed by atoms with Crippen LogP contribution < -0.4 is 0 Å². The van der Waals surface area contributed by atoms with Crippen LogP contribution in [0, 0.1) is 18.3 Å². The van der Waals surface area contributed by atoms with Gasteiger partial charge in [0.1, 0.15) is 11.9 Å². The number of rotatable bonds is 2. The summed E-state index contributed by atoms with van der Waals surface area (Å²) in [4.78, 5) is 7.64. The van der Waals surface area contributed by atoms with Crippen molar-refractivity contribution in [1.82, 2.24) is 9.97 Å². The van der Waals surface area contributed by atoms with E-state index in [-0.39, 0.29) is 0 Å². The van der Waals surface area contributed by atoms with E-state index in [1.165, 1.54) is 0 Å². The van der Waals surface area contributed by atoms with E-state index < -0.39 is 0 Å². The van der Waals surface area contributed by atoms with Crippen molar-refractivity contribution in [2.75, 3.05) is 0 Å². The number of halogens is 1. The highest BCUT2D eigenvalue weighted by Gasteiger charge is 2.08. The van der Waals surface area contributed by atoms with Gasteiger partial charge >= 0.3 is 0 Å². The molecule has 0 unspecified atom stereocenters. The van der Waals surface area contributed by atoms with Crippen molar-refractivity contribution in [3.8, 4) is 6.07 Å². The number of allylic oxidation sites excluding steroid dienone is 1. The van der Waals surface area contributed by atoms with Crippen LogP contribution in [-0.2, 0) is 0 Å². The van der Waals surface area contributed by atoms with E-state index in [0.29, 0.717) is 16.4 Å². The molecule has 0 amide bonds. The maximum absolute atomic E-state index is 9.39. The zero-order valence-electron chi connectivity index (χ0n) is 11.4. The third kappa shape index (κ3) is 2.67. The van der Waals surface area contributed by atoms with Crippen LogP contribution >= 0.6 is 11.6 Å². The number of aromatic nitrogens is 2. The molecule has 2 aromatic carbocycles. The number of hydrogen-bond acceptors (Lipinski definition) is 2. The highest BCUT2D eigenvalue weighted by Crippen LogP contribution is 2.23. The lowest BCUT2D eigenvalue weighted by Gasteiger charge is -1.98. The van der Waals surface area contributed by atoms with Crippen LogP contribution in [0.5, 0.6) is 0 Å². The molecule has 0 aliphatic rings. The lowest BCUT2D eigenvalue weighted by atomic mass is 10.1. The van der Waals surface area contributed by atoms with Gasteiger partial charge in [0.2, 0.25) is 0 Å². The second kappa shape index (κ2) is 5.43. The summed E-state index contributed by atoms with van der Waals surface area (Å²) in [6.45, 7) is 2.02. The van der Waals surface area contributed by atoms with Gasteiger partial charge in [0, 0.05) is 5.02 Å². The maximum atomic E-state index is 9.39. The number of aryl methyl sites for hydroxylation is 1. The molecule has 102 valence electrons. The van der Waals surface area contributed by atoms with Crippen LogP contribution in [0.15, 0.2) is 42.5 Å². The average Bonchev–Trinajstić information content (AvgIpc) is 2.89. The minimum Gasteiger partial charge on any atom is -0.337 e. The third-order valence-corrected chi connectivity index (χ3v) is 3.56. The summed E-state index contributed by atoms with van der Waals surface area (Å²) in [7, 11) is 0. The number of nitrogens with one attached hydrogen (secondary N) is 1. The van der Waals surface area contributed by atoms with Crippen molar-refractivity contribution < 1.29 is 0 Å². The number of H-pyrrole nitrogens is 1. The maximum Gasteiger partial charge on any atom is 0.149 e. The highest BCUT2D eigenvalue weighted by molar-refractivity contribution is 6.32. The Bertz CT molecular complexity index is 884. The van der Waals surface area contributed by atoms with Gasteiger partial charge in [-0.2, -0.15) is 5.26 Å². The van der Waals surface area contributed by atoms with Gasteiger partial charge in [-0.25, -0.2) is 4.98 Å². The molecule has 0 bridgehead atoms. The van der Waals surface area contributed by atoms with Crippen LogP contribution in [0.1, 0.15) is 17.0 Å². The van der Waals surface area contributed by atoms with E-state index in [9.17, 15) is 5.26 Å². The fourth-order valence-electron chi connectivity index (χ4n) is 2.15. The second-order valence-electron chi connectivity index (χ2n) is 4.80. The van der Waals surface area contributed by atoms with E-state index in [2.05, 4.69) is 16.0 Å². The molecule has 4 heteroatoms. The SMILES string of the molecule is Cc1ccc2nc(/C(C#N)=C/c3ccccc3Cl)[nH]c2c1. The smallest absolute Gasteiger partial charge is 0.149 e. The first-order chi connectivity index (χ1) is 10.2. The molecular weight excluding hydrogens is 282 g/mol. The first kappa shape index (κ1) is 13.4. The van der Waals surface area contributed by atoms with Gasteiger partial charge in [0.15, 0.2) is 0 Å². The summed E-state index contributed by atoms with van der Waals surface area (Å²) >= 11 is 6.13. The fourth-order valence-corrected chi connectivity index (χ4v) is 2.34. The molecule has 1 aromatic heterocycles. The van der Waals surface area contributed by atoms with Crippen molar-refractivity contribution in [1.29, 1.82) is 5.26 Å². The van der Waals surface area contributed by atoms with E-state index >= 15 is 0 Å². The summed E-state index contributed by atoms with van der Waals surface area (Å²) in [6.07, 6.45) is 1.74. The van der Waals surface area contributed by atoms with Gasteiger partial charge in [-0.3, -0.25) is 0 Å². The van der Waals surface area contributed by atoms with Gasteiger partial charge in [-0.15, -0.1) is 0 Å². The van der Waals surface area contributed by atoms with E-state index in [0.717, 1.165) is 22.2 Å². The number of imidazole rings is 1. The molecule has 1 N–H and O–H groups in total. The lowest BCUT2D eigenvalue weighted by Crippen LogP contribution is -1.85. The van der Waals surface area contributed by atoms with Gasteiger partial charge in [0.25, 0.3) is 0 Å². The molecule has 21 heavy (non-hydrogen) atoms. The Balaban J connectivity index is 2.10. The predicted octanol–water partition coefficient (Wildman–Crippen LogP) is 4.59. The molecule has 0 fully saturated rings. The number of fused-ring (bicyclic) bond motifs is 1. The molecule has 0 aliphatic heterocycles. The Morgan fingerprint density at radius 2 is 2.10 bits per heavy atom. The van der Waals surface area contributed by atoms with E-state index in [4.69, 9.17) is 11.6 Å². The lowest BCUT2D eigenvalue weighted by molar-refractivity contribution is 1.27. The number of nitrogens with zero attached hydrogens (tertiary/aromatic N) is 2. The summed E-state index contributed by atoms with van der Waals surface area (Å²) in [5, 5.41) is 10.00. The minimum absolute atomic E-state index is 0.456. The number of hydrogen-bond donors (Lipinski definition) is 1. The van der Waals surface area contributed by atoms with Gasteiger partial charge in [-0.05, 0) is 42.3 Å². The normalized spacial score (nSPS) is 11.6. The van der Waals surface area contributed by atoms with Crippen LogP contribution in [0.25, 0.3) is 22.7 Å². The monoisotopic (exact) mass is 293 g/mol. The summed E-state index contributed by atoms with van der Waals surface area (Å²) in [5.41, 5.74) is 4.16. The zero-order chi connectivity index (χ0) is 14.8. The van der Waals surface area contributed by atoms with Crippen molar-refractivity contribution >= 4 is 34.3 Å². The van der Waals surface area contributed by atoms with Gasteiger partial charge < -0.3 is 4.98 Å². The second-order valence-corrected chi connectivity index (χ2v) is 5.20. The predicted molar refractivity (Wildman–Crippen MR) is 85.8 cm³/mol. The molecule has 0 atom stereocenters. The zero-order valence-corrected chi connectivity index (χ0v) is 12.1. The van der Waals surface area contributed by atoms with E-state index in [1.807, 2.05) is 43.3 Å². The molecule has 3 nitrogen and oxygen atoms in total. The van der Waals surface area contributed by atoms with Crippen molar-refractivity contribution in [2.24, 2.45) is 0 Å². The van der Waals surface area contributed by atoms with Gasteiger partial charge in [0.05, 0.1) is 16.6 Å².